The van der Waals surface area contributed by atoms with Crippen LogP contribution in [0.15, 0.2) is 77.7 Å². The number of fused-ring (bicyclic) bond motifs is 2. The van der Waals surface area contributed by atoms with Gasteiger partial charge >= 0.3 is 0 Å². The van der Waals surface area contributed by atoms with Gasteiger partial charge in [-0.15, -0.1) is 0 Å². The molecule has 0 bridgehead atoms. The topological polar surface area (TPSA) is 89.0 Å². The Morgan fingerprint density at radius 1 is 0.941 bits per heavy atom. The van der Waals surface area contributed by atoms with Gasteiger partial charge in [0.2, 0.25) is 5.91 Å². The largest absolute Gasteiger partial charge is 0.302 e. The van der Waals surface area contributed by atoms with Crippen molar-refractivity contribution in [3.8, 4) is 11.1 Å². The Kier molecular flexibility index (Phi) is 5.63. The number of sulfone groups is 1. The number of pyridine rings is 1. The molecule has 0 fully saturated rings. The van der Waals surface area contributed by atoms with Gasteiger partial charge in [-0.05, 0) is 47.9 Å². The third kappa shape index (κ3) is 4.30. The van der Waals surface area contributed by atoms with E-state index in [9.17, 15) is 13.2 Å². The zero-order valence-electron chi connectivity index (χ0n) is 18.6. The minimum absolute atomic E-state index is 0.137. The van der Waals surface area contributed by atoms with Crippen molar-refractivity contribution in [2.45, 2.75) is 18.2 Å². The first kappa shape index (κ1) is 22.2. The Morgan fingerprint density at radius 2 is 1.68 bits per heavy atom. The van der Waals surface area contributed by atoms with Gasteiger partial charge in [0.25, 0.3) is 0 Å². The van der Waals surface area contributed by atoms with E-state index in [1.165, 1.54) is 23.7 Å². The molecule has 0 saturated heterocycles. The van der Waals surface area contributed by atoms with E-state index in [2.05, 4.69) is 10.3 Å². The van der Waals surface area contributed by atoms with Gasteiger partial charge in [0.1, 0.15) is 0 Å². The molecule has 170 valence electrons. The molecular weight excluding hydrogens is 466 g/mol. The van der Waals surface area contributed by atoms with Crippen LogP contribution in [0, 0.1) is 6.92 Å². The summed E-state index contributed by atoms with van der Waals surface area (Å²) in [6, 6.07) is 22.7. The number of hydrogen-bond donors (Lipinski definition) is 1. The number of carbonyl (C=O) groups excluding carboxylic acids is 1. The number of para-hydroxylation sites is 1. The number of carbonyl (C=O) groups is 1. The fourth-order valence-electron chi connectivity index (χ4n) is 4.04. The highest BCUT2D eigenvalue weighted by Crippen LogP contribution is 2.34. The Balaban J connectivity index is 1.50. The lowest BCUT2D eigenvalue weighted by Crippen LogP contribution is -2.16. The molecule has 0 spiro atoms. The highest BCUT2D eigenvalue weighted by atomic mass is 32.2. The van der Waals surface area contributed by atoms with Crippen LogP contribution in [-0.2, 0) is 21.1 Å². The summed E-state index contributed by atoms with van der Waals surface area (Å²) in [7, 11) is -3.32. The SMILES string of the molecule is Cc1nc2ccccc2c(-c2ccccc2)c1CC(=O)Nc1nc2ccc(S(C)(=O)=O)cc2s1. The van der Waals surface area contributed by atoms with E-state index in [-0.39, 0.29) is 17.2 Å². The maximum atomic E-state index is 13.1. The summed E-state index contributed by atoms with van der Waals surface area (Å²) < 4.78 is 24.4. The Morgan fingerprint density at radius 3 is 2.44 bits per heavy atom. The van der Waals surface area contributed by atoms with Crippen LogP contribution in [0.2, 0.25) is 0 Å². The maximum absolute atomic E-state index is 13.1. The molecule has 8 heteroatoms. The van der Waals surface area contributed by atoms with Crippen molar-refractivity contribution in [1.29, 1.82) is 0 Å². The molecule has 2 heterocycles. The molecule has 6 nitrogen and oxygen atoms in total. The molecule has 5 rings (SSSR count). The number of aryl methyl sites for hydroxylation is 1. The molecule has 0 aliphatic carbocycles. The van der Waals surface area contributed by atoms with E-state index in [0.717, 1.165) is 33.3 Å². The zero-order chi connectivity index (χ0) is 23.9. The third-order valence-electron chi connectivity index (χ3n) is 5.63. The predicted octanol–water partition coefficient (Wildman–Crippen LogP) is 5.40. The first-order valence-corrected chi connectivity index (χ1v) is 13.3. The average molecular weight is 488 g/mol. The third-order valence-corrected chi connectivity index (χ3v) is 7.68. The number of anilines is 1. The van der Waals surface area contributed by atoms with Crippen molar-refractivity contribution >= 4 is 53.3 Å². The number of aromatic nitrogens is 2. The lowest BCUT2D eigenvalue weighted by atomic mass is 9.92. The lowest BCUT2D eigenvalue weighted by Gasteiger charge is -2.15. The Hall–Kier alpha value is -3.62. The van der Waals surface area contributed by atoms with Crippen LogP contribution in [0.25, 0.3) is 32.2 Å². The van der Waals surface area contributed by atoms with Crippen molar-refractivity contribution in [3.05, 3.63) is 84.1 Å². The van der Waals surface area contributed by atoms with Crippen molar-refractivity contribution in [3.63, 3.8) is 0 Å². The Labute approximate surface area is 201 Å². The lowest BCUT2D eigenvalue weighted by molar-refractivity contribution is -0.115. The van der Waals surface area contributed by atoms with Crippen LogP contribution < -0.4 is 5.32 Å². The summed E-state index contributed by atoms with van der Waals surface area (Å²) in [5, 5.41) is 4.31. The number of nitrogens with zero attached hydrogens (tertiary/aromatic N) is 2. The molecule has 0 unspecified atom stereocenters. The number of nitrogens with one attached hydrogen (secondary N) is 1. The van der Waals surface area contributed by atoms with Crippen molar-refractivity contribution < 1.29 is 13.2 Å². The van der Waals surface area contributed by atoms with E-state index in [0.29, 0.717) is 15.3 Å². The van der Waals surface area contributed by atoms with Crippen molar-refractivity contribution in [2.24, 2.45) is 0 Å². The predicted molar refractivity (Wildman–Crippen MR) is 137 cm³/mol. The fourth-order valence-corrected chi connectivity index (χ4v) is 5.68. The molecule has 3 aromatic carbocycles. The molecule has 2 aromatic heterocycles. The number of benzene rings is 3. The first-order valence-electron chi connectivity index (χ1n) is 10.6. The standard InChI is InChI=1S/C26H21N3O3S2/c1-16-20(25(17-8-4-3-5-9-17)19-10-6-7-11-21(19)27-16)15-24(30)29-26-28-22-13-12-18(34(2,31)32)14-23(22)33-26/h3-14H,15H2,1-2H3,(H,28,29,30). The van der Waals surface area contributed by atoms with Crippen LogP contribution in [-0.4, -0.2) is 30.5 Å². The van der Waals surface area contributed by atoms with Gasteiger partial charge in [-0.3, -0.25) is 9.78 Å². The summed E-state index contributed by atoms with van der Waals surface area (Å²) in [4.78, 5) is 22.5. The van der Waals surface area contributed by atoms with E-state index < -0.39 is 9.84 Å². The number of amides is 1. The van der Waals surface area contributed by atoms with Gasteiger partial charge in [-0.2, -0.15) is 0 Å². The fraction of sp³-hybridized carbons (Fsp3) is 0.115. The summed E-state index contributed by atoms with van der Waals surface area (Å²) in [6.45, 7) is 1.92. The average Bonchev–Trinajstić information content (AvgIpc) is 3.21. The smallest absolute Gasteiger partial charge is 0.230 e. The van der Waals surface area contributed by atoms with Crippen LogP contribution in [0.4, 0.5) is 5.13 Å². The van der Waals surface area contributed by atoms with Crippen LogP contribution in [0.1, 0.15) is 11.3 Å². The summed E-state index contributed by atoms with van der Waals surface area (Å²) in [5.41, 5.74) is 5.22. The van der Waals surface area contributed by atoms with Gasteiger partial charge in [0, 0.05) is 17.3 Å². The molecule has 1 amide bonds. The second kappa shape index (κ2) is 8.62. The summed E-state index contributed by atoms with van der Waals surface area (Å²) in [6.07, 6.45) is 1.31. The van der Waals surface area contributed by atoms with Crippen LogP contribution >= 0.6 is 11.3 Å². The van der Waals surface area contributed by atoms with Crippen molar-refractivity contribution in [1.82, 2.24) is 9.97 Å². The van der Waals surface area contributed by atoms with Gasteiger partial charge < -0.3 is 5.32 Å². The van der Waals surface area contributed by atoms with Crippen LogP contribution in [0.5, 0.6) is 0 Å². The van der Waals surface area contributed by atoms with Crippen molar-refractivity contribution in [2.75, 3.05) is 11.6 Å². The van der Waals surface area contributed by atoms with Gasteiger partial charge in [-0.25, -0.2) is 13.4 Å². The molecule has 0 saturated carbocycles. The molecular formula is C26H21N3O3S2. The molecule has 1 N–H and O–H groups in total. The monoisotopic (exact) mass is 487 g/mol. The molecule has 5 aromatic rings. The van der Waals surface area contributed by atoms with Gasteiger partial charge in [0.05, 0.1) is 27.0 Å². The van der Waals surface area contributed by atoms with Gasteiger partial charge in [0.15, 0.2) is 15.0 Å². The number of thiazole rings is 1. The Bertz CT molecular complexity index is 1660. The molecule has 0 aliphatic heterocycles. The number of rotatable bonds is 5. The molecule has 34 heavy (non-hydrogen) atoms. The normalized spacial score (nSPS) is 11.7. The highest BCUT2D eigenvalue weighted by molar-refractivity contribution is 7.90. The zero-order valence-corrected chi connectivity index (χ0v) is 20.2. The minimum atomic E-state index is -3.32. The van der Waals surface area contributed by atoms with E-state index in [1.807, 2.05) is 61.5 Å². The number of hydrogen-bond acceptors (Lipinski definition) is 6. The van der Waals surface area contributed by atoms with Gasteiger partial charge in [-0.1, -0.05) is 59.9 Å². The summed E-state index contributed by atoms with van der Waals surface area (Å²) in [5.74, 6) is -0.209. The molecule has 0 atom stereocenters. The summed E-state index contributed by atoms with van der Waals surface area (Å²) >= 11 is 1.25. The first-order chi connectivity index (χ1) is 16.3. The highest BCUT2D eigenvalue weighted by Gasteiger charge is 2.18. The maximum Gasteiger partial charge on any atom is 0.230 e. The second-order valence-electron chi connectivity index (χ2n) is 8.08. The minimum Gasteiger partial charge on any atom is -0.302 e. The quantitative estimate of drug-likeness (QED) is 0.358. The molecule has 0 radical (unpaired) electrons. The van der Waals surface area contributed by atoms with E-state index in [4.69, 9.17) is 4.98 Å². The van der Waals surface area contributed by atoms with Crippen LogP contribution in [0.3, 0.4) is 0 Å². The second-order valence-corrected chi connectivity index (χ2v) is 11.1. The molecule has 0 aliphatic rings. The van der Waals surface area contributed by atoms with E-state index in [1.54, 1.807) is 12.1 Å². The van der Waals surface area contributed by atoms with E-state index >= 15 is 0 Å².